The molecule has 2 rings (SSSR count). The molecule has 0 saturated heterocycles. The maximum Gasteiger partial charge on any atom is 0.343 e. The van der Waals surface area contributed by atoms with Gasteiger partial charge in [-0.3, -0.25) is 9.48 Å². The summed E-state index contributed by atoms with van der Waals surface area (Å²) in [6.45, 7) is 7.40. The highest BCUT2D eigenvalue weighted by atomic mass is 16.5. The summed E-state index contributed by atoms with van der Waals surface area (Å²) in [4.78, 5) is 24.3. The van der Waals surface area contributed by atoms with Crippen LogP contribution in [0, 0.1) is 20.8 Å². The van der Waals surface area contributed by atoms with Crippen molar-refractivity contribution in [2.45, 2.75) is 27.7 Å². The van der Waals surface area contributed by atoms with Crippen LogP contribution < -0.4 is 10.1 Å². The summed E-state index contributed by atoms with van der Waals surface area (Å²) in [6, 6.07) is 5.67. The lowest BCUT2D eigenvalue weighted by Crippen LogP contribution is -2.23. The van der Waals surface area contributed by atoms with Crippen molar-refractivity contribution in [3.05, 3.63) is 40.6 Å². The van der Waals surface area contributed by atoms with Gasteiger partial charge in [-0.15, -0.1) is 0 Å². The highest BCUT2D eigenvalue weighted by Gasteiger charge is 2.23. The molecule has 134 valence electrons. The average molecular weight is 345 g/mol. The van der Waals surface area contributed by atoms with Gasteiger partial charge in [0.05, 0.1) is 12.3 Å². The highest BCUT2D eigenvalue weighted by molar-refractivity contribution is 6.01. The number of nitrogens with zero attached hydrogens (tertiary/aromatic N) is 2. The molecule has 0 aliphatic carbocycles. The number of ether oxygens (including phenoxy) is 2. The fourth-order valence-corrected chi connectivity index (χ4v) is 2.44. The predicted molar refractivity (Wildman–Crippen MR) is 93.9 cm³/mol. The van der Waals surface area contributed by atoms with Crippen molar-refractivity contribution < 1.29 is 19.1 Å². The number of esters is 1. The van der Waals surface area contributed by atoms with Gasteiger partial charge >= 0.3 is 5.97 Å². The van der Waals surface area contributed by atoms with Crippen LogP contribution in [0.25, 0.3) is 0 Å². The zero-order valence-corrected chi connectivity index (χ0v) is 15.2. The molecule has 1 aromatic heterocycles. The fourth-order valence-electron chi connectivity index (χ4n) is 2.44. The van der Waals surface area contributed by atoms with Crippen LogP contribution in [-0.2, 0) is 16.6 Å². The summed E-state index contributed by atoms with van der Waals surface area (Å²) < 4.78 is 12.1. The summed E-state index contributed by atoms with van der Waals surface area (Å²) in [5.41, 5.74) is 2.82. The number of benzene rings is 1. The normalized spacial score (nSPS) is 10.4. The Morgan fingerprint density at radius 2 is 1.96 bits per heavy atom. The van der Waals surface area contributed by atoms with Gasteiger partial charge in [-0.1, -0.05) is 12.1 Å². The molecule has 0 unspecified atom stereocenters. The molecule has 2 aromatic rings. The Labute approximate surface area is 146 Å². The minimum absolute atomic E-state index is 0.170. The number of amides is 1. The van der Waals surface area contributed by atoms with E-state index < -0.39 is 5.97 Å². The number of aromatic nitrogens is 2. The molecule has 0 saturated carbocycles. The first-order chi connectivity index (χ1) is 11.8. The number of rotatable bonds is 6. The monoisotopic (exact) mass is 345 g/mol. The molecular weight excluding hydrogens is 322 g/mol. The smallest absolute Gasteiger partial charge is 0.343 e. The van der Waals surface area contributed by atoms with Crippen LogP contribution in [0.1, 0.15) is 34.1 Å². The van der Waals surface area contributed by atoms with Gasteiger partial charge < -0.3 is 14.8 Å². The van der Waals surface area contributed by atoms with Crippen LogP contribution >= 0.6 is 0 Å². The average Bonchev–Trinajstić information content (AvgIpc) is 2.83. The lowest BCUT2D eigenvalue weighted by molar-refractivity contribution is -0.118. The van der Waals surface area contributed by atoms with E-state index in [-0.39, 0.29) is 24.7 Å². The molecule has 1 aromatic carbocycles. The third-order valence-electron chi connectivity index (χ3n) is 3.87. The highest BCUT2D eigenvalue weighted by Crippen LogP contribution is 2.22. The Morgan fingerprint density at radius 3 is 2.64 bits per heavy atom. The van der Waals surface area contributed by atoms with Gasteiger partial charge in [0.1, 0.15) is 17.1 Å². The Kier molecular flexibility index (Phi) is 5.80. The number of carbonyl (C=O) groups excluding carboxylic acids is 2. The summed E-state index contributed by atoms with van der Waals surface area (Å²) in [7, 11) is 1.65. The van der Waals surface area contributed by atoms with Crippen molar-refractivity contribution in [1.29, 1.82) is 0 Å². The minimum Gasteiger partial charge on any atom is -0.483 e. The Morgan fingerprint density at radius 1 is 1.24 bits per heavy atom. The molecule has 0 radical (unpaired) electrons. The van der Waals surface area contributed by atoms with Gasteiger partial charge in [0.15, 0.2) is 6.61 Å². The first-order valence-corrected chi connectivity index (χ1v) is 8.04. The number of anilines is 1. The van der Waals surface area contributed by atoms with Crippen molar-refractivity contribution in [3.8, 4) is 5.75 Å². The molecule has 0 spiro atoms. The maximum absolute atomic E-state index is 12.2. The van der Waals surface area contributed by atoms with Crippen LogP contribution in [0.2, 0.25) is 0 Å². The van der Waals surface area contributed by atoms with Gasteiger partial charge in [-0.05, 0) is 44.9 Å². The summed E-state index contributed by atoms with van der Waals surface area (Å²) in [5, 5.41) is 6.85. The minimum atomic E-state index is -0.515. The van der Waals surface area contributed by atoms with Gasteiger partial charge in [-0.2, -0.15) is 5.10 Å². The summed E-state index contributed by atoms with van der Waals surface area (Å²) in [5.74, 6) is 0.0563. The van der Waals surface area contributed by atoms with E-state index in [0.29, 0.717) is 17.3 Å². The zero-order valence-electron chi connectivity index (χ0n) is 15.2. The van der Waals surface area contributed by atoms with E-state index in [1.165, 1.54) is 4.68 Å². The molecule has 0 aliphatic heterocycles. The first kappa shape index (κ1) is 18.5. The quantitative estimate of drug-likeness (QED) is 0.814. The summed E-state index contributed by atoms with van der Waals surface area (Å²) in [6.07, 6.45) is 0. The predicted octanol–water partition coefficient (Wildman–Crippen LogP) is 2.54. The van der Waals surface area contributed by atoms with Crippen molar-refractivity contribution >= 4 is 17.7 Å². The lowest BCUT2D eigenvalue weighted by atomic mass is 10.1. The number of carbonyl (C=O) groups is 2. The largest absolute Gasteiger partial charge is 0.483 e. The third kappa shape index (κ3) is 4.17. The van der Waals surface area contributed by atoms with Crippen LogP contribution in [0.15, 0.2) is 18.2 Å². The molecule has 0 bridgehead atoms. The molecular formula is C18H23N3O4. The molecule has 7 heteroatoms. The molecule has 1 amide bonds. The Bertz CT molecular complexity index is 796. The van der Waals surface area contributed by atoms with E-state index in [2.05, 4.69) is 10.4 Å². The maximum atomic E-state index is 12.2. The number of aryl methyl sites for hydroxylation is 3. The number of hydrogen-bond donors (Lipinski definition) is 1. The molecule has 0 atom stereocenters. The van der Waals surface area contributed by atoms with Gasteiger partial charge in [-0.25, -0.2) is 4.79 Å². The van der Waals surface area contributed by atoms with Crippen molar-refractivity contribution in [3.63, 3.8) is 0 Å². The Balaban J connectivity index is 2.10. The fraction of sp³-hybridized carbons (Fsp3) is 0.389. The molecule has 1 heterocycles. The number of nitrogens with one attached hydrogen (secondary N) is 1. The second-order valence-electron chi connectivity index (χ2n) is 5.69. The summed E-state index contributed by atoms with van der Waals surface area (Å²) >= 11 is 0. The second-order valence-corrected chi connectivity index (χ2v) is 5.69. The van der Waals surface area contributed by atoms with Crippen LogP contribution in [0.5, 0.6) is 5.75 Å². The lowest BCUT2D eigenvalue weighted by Gasteiger charge is -2.12. The Hall–Kier alpha value is -2.83. The van der Waals surface area contributed by atoms with E-state index in [4.69, 9.17) is 9.47 Å². The van der Waals surface area contributed by atoms with Gasteiger partial charge in [0.2, 0.25) is 0 Å². The van der Waals surface area contributed by atoms with Gasteiger partial charge in [0, 0.05) is 7.05 Å². The molecule has 0 fully saturated rings. The van der Waals surface area contributed by atoms with E-state index in [0.717, 1.165) is 11.1 Å². The molecule has 1 N–H and O–H groups in total. The van der Waals surface area contributed by atoms with Crippen molar-refractivity contribution in [1.82, 2.24) is 9.78 Å². The van der Waals surface area contributed by atoms with E-state index in [1.807, 2.05) is 32.0 Å². The van der Waals surface area contributed by atoms with Crippen molar-refractivity contribution in [2.24, 2.45) is 7.05 Å². The first-order valence-electron chi connectivity index (χ1n) is 8.04. The van der Waals surface area contributed by atoms with Gasteiger partial charge in [0.25, 0.3) is 5.91 Å². The molecule has 25 heavy (non-hydrogen) atoms. The van der Waals surface area contributed by atoms with E-state index in [1.54, 1.807) is 20.9 Å². The van der Waals surface area contributed by atoms with E-state index >= 15 is 0 Å². The standard InChI is InChI=1S/C18H23N3O4/c1-6-24-18(23)16-13(4)20-21(5)17(16)19-15(22)10-25-14-9-7-8-11(2)12(14)3/h7-9H,6,10H2,1-5H3,(H,19,22). The SMILES string of the molecule is CCOC(=O)c1c(C)nn(C)c1NC(=O)COc1cccc(C)c1C. The van der Waals surface area contributed by atoms with E-state index in [9.17, 15) is 9.59 Å². The topological polar surface area (TPSA) is 82.5 Å². The van der Waals surface area contributed by atoms with Crippen LogP contribution in [0.3, 0.4) is 0 Å². The molecule has 0 aliphatic rings. The zero-order chi connectivity index (χ0) is 18.6. The number of hydrogen-bond acceptors (Lipinski definition) is 5. The van der Waals surface area contributed by atoms with Crippen molar-refractivity contribution in [2.75, 3.05) is 18.5 Å². The molecule has 7 nitrogen and oxygen atoms in total. The third-order valence-corrected chi connectivity index (χ3v) is 3.87. The second kappa shape index (κ2) is 7.83. The van der Waals surface area contributed by atoms with Crippen LogP contribution in [-0.4, -0.2) is 34.9 Å². The van der Waals surface area contributed by atoms with Crippen LogP contribution in [0.4, 0.5) is 5.82 Å².